The number of aliphatic hydroxyl groups is 2. The molecule has 0 aromatic heterocycles. The van der Waals surface area contributed by atoms with Crippen molar-refractivity contribution in [2.75, 3.05) is 6.61 Å². The molecule has 108 valence electrons. The predicted octanol–water partition coefficient (Wildman–Crippen LogP) is -0.221. The summed E-state index contributed by atoms with van der Waals surface area (Å²) in [7, 11) is 0. The highest BCUT2D eigenvalue weighted by Gasteiger charge is 2.60. The summed E-state index contributed by atoms with van der Waals surface area (Å²) in [6.07, 6.45) is -2.65. The van der Waals surface area contributed by atoms with E-state index < -0.39 is 31.0 Å². The average molecular weight is 298 g/mol. The van der Waals surface area contributed by atoms with E-state index in [4.69, 9.17) is 15.6 Å². The monoisotopic (exact) mass is 297 g/mol. The molecular weight excluding hydrogens is 284 g/mol. The van der Waals surface area contributed by atoms with E-state index in [0.717, 1.165) is 4.90 Å². The fourth-order valence-corrected chi connectivity index (χ4v) is 1.82. The maximum Gasteiger partial charge on any atom is 0.320 e. The van der Waals surface area contributed by atoms with Crippen molar-refractivity contribution in [2.45, 2.75) is 24.4 Å². The van der Waals surface area contributed by atoms with Crippen LogP contribution in [0.15, 0.2) is 29.7 Å². The lowest BCUT2D eigenvalue weighted by molar-refractivity contribution is -0.148. The summed E-state index contributed by atoms with van der Waals surface area (Å²) in [4.78, 5) is 4.70. The first kappa shape index (κ1) is 15.8. The van der Waals surface area contributed by atoms with Crippen LogP contribution in [-0.2, 0) is 4.74 Å². The molecule has 0 radical (unpaired) electrons. The average Bonchev–Trinajstić information content (AvgIpc) is 2.52. The first-order valence-electron chi connectivity index (χ1n) is 5.19. The lowest BCUT2D eigenvalue weighted by Gasteiger charge is -2.31. The van der Waals surface area contributed by atoms with E-state index in [0.29, 0.717) is 0 Å². The number of amidine groups is 1. The van der Waals surface area contributed by atoms with Crippen LogP contribution in [0.4, 0.5) is 8.78 Å². The SMILES string of the molecule is C=C1N=C(N)C=CN1[C@@H]1O[C@H](CO)[C@H](O)C1(F)F.Cl. The van der Waals surface area contributed by atoms with Crippen LogP contribution in [0.5, 0.6) is 0 Å². The number of rotatable bonds is 2. The third kappa shape index (κ3) is 2.57. The van der Waals surface area contributed by atoms with Gasteiger partial charge in [-0.1, -0.05) is 6.58 Å². The van der Waals surface area contributed by atoms with Crippen LogP contribution in [0, 0.1) is 0 Å². The zero-order valence-electron chi connectivity index (χ0n) is 9.74. The molecule has 4 N–H and O–H groups in total. The molecular formula is C10H14ClF2N3O3. The second kappa shape index (κ2) is 5.41. The van der Waals surface area contributed by atoms with Gasteiger partial charge in [0.1, 0.15) is 17.8 Å². The number of ether oxygens (including phenoxy) is 1. The highest BCUT2D eigenvalue weighted by Crippen LogP contribution is 2.39. The summed E-state index contributed by atoms with van der Waals surface area (Å²) < 4.78 is 32.6. The van der Waals surface area contributed by atoms with Crippen molar-refractivity contribution < 1.29 is 23.7 Å². The van der Waals surface area contributed by atoms with Crippen molar-refractivity contribution in [2.24, 2.45) is 10.7 Å². The normalized spacial score (nSPS) is 33.1. The Morgan fingerprint density at radius 3 is 2.68 bits per heavy atom. The van der Waals surface area contributed by atoms with Gasteiger partial charge in [0, 0.05) is 6.20 Å². The van der Waals surface area contributed by atoms with Crippen molar-refractivity contribution in [1.29, 1.82) is 0 Å². The van der Waals surface area contributed by atoms with Gasteiger partial charge in [-0.3, -0.25) is 0 Å². The van der Waals surface area contributed by atoms with Gasteiger partial charge in [0.05, 0.1) is 6.61 Å². The summed E-state index contributed by atoms with van der Waals surface area (Å²) in [5.74, 6) is -3.44. The molecule has 2 rings (SSSR count). The summed E-state index contributed by atoms with van der Waals surface area (Å²) >= 11 is 0. The standard InChI is InChI=1S/C10H13F2N3O3.ClH/c1-5-14-7(13)2-3-15(5)9-10(11,12)8(17)6(4-16)18-9;/h2-3,6,8-9,16-17H,1,4H2,(H2,13,14);1H/t6-,8+,9-;/m1./s1. The number of nitrogens with zero attached hydrogens (tertiary/aromatic N) is 2. The van der Waals surface area contributed by atoms with Crippen molar-refractivity contribution in [3.8, 4) is 0 Å². The van der Waals surface area contributed by atoms with Crippen molar-refractivity contribution in [1.82, 2.24) is 4.90 Å². The van der Waals surface area contributed by atoms with E-state index in [9.17, 15) is 13.9 Å². The van der Waals surface area contributed by atoms with Crippen LogP contribution in [-0.4, -0.2) is 51.9 Å². The molecule has 6 nitrogen and oxygen atoms in total. The number of nitrogens with two attached hydrogens (primary N) is 1. The molecule has 0 aliphatic carbocycles. The molecule has 9 heteroatoms. The molecule has 3 atom stereocenters. The number of alkyl halides is 2. The van der Waals surface area contributed by atoms with E-state index >= 15 is 0 Å². The van der Waals surface area contributed by atoms with Crippen LogP contribution in [0.3, 0.4) is 0 Å². The predicted molar refractivity (Wildman–Crippen MR) is 65.7 cm³/mol. The first-order valence-corrected chi connectivity index (χ1v) is 5.19. The summed E-state index contributed by atoms with van der Waals surface area (Å²) in [6, 6.07) is 0. The Bertz CT molecular complexity index is 430. The van der Waals surface area contributed by atoms with Gasteiger partial charge in [-0.15, -0.1) is 12.4 Å². The van der Waals surface area contributed by atoms with Crippen LogP contribution in [0.25, 0.3) is 0 Å². The molecule has 2 aliphatic rings. The van der Waals surface area contributed by atoms with Crippen LogP contribution in [0.1, 0.15) is 0 Å². The Hall–Kier alpha value is -1.22. The summed E-state index contributed by atoms with van der Waals surface area (Å²) in [5.41, 5.74) is 5.39. The van der Waals surface area contributed by atoms with E-state index in [1.165, 1.54) is 12.3 Å². The molecule has 2 aliphatic heterocycles. The van der Waals surface area contributed by atoms with Gasteiger partial charge in [-0.05, 0) is 6.08 Å². The highest BCUT2D eigenvalue weighted by atomic mass is 35.5. The van der Waals surface area contributed by atoms with Gasteiger partial charge in [0.15, 0.2) is 6.10 Å². The first-order chi connectivity index (χ1) is 8.37. The summed E-state index contributed by atoms with van der Waals surface area (Å²) in [5, 5.41) is 18.2. The van der Waals surface area contributed by atoms with Crippen LogP contribution in [0.2, 0.25) is 0 Å². The molecule has 2 heterocycles. The number of hydrogen-bond donors (Lipinski definition) is 3. The third-order valence-corrected chi connectivity index (χ3v) is 2.77. The van der Waals surface area contributed by atoms with Gasteiger partial charge in [0.25, 0.3) is 0 Å². The molecule has 0 saturated carbocycles. The Morgan fingerprint density at radius 1 is 1.58 bits per heavy atom. The maximum atomic E-state index is 13.8. The second-order valence-electron chi connectivity index (χ2n) is 4.00. The quantitative estimate of drug-likeness (QED) is 0.655. The third-order valence-electron chi connectivity index (χ3n) is 2.77. The molecule has 0 spiro atoms. The van der Waals surface area contributed by atoms with Crippen molar-refractivity contribution >= 4 is 18.2 Å². The minimum absolute atomic E-state index is 0. The lowest BCUT2D eigenvalue weighted by Crippen LogP contribution is -2.47. The Morgan fingerprint density at radius 2 is 2.21 bits per heavy atom. The van der Waals surface area contributed by atoms with E-state index in [1.54, 1.807) is 0 Å². The molecule has 0 bridgehead atoms. The molecule has 1 fully saturated rings. The van der Waals surface area contributed by atoms with E-state index in [-0.39, 0.29) is 24.1 Å². The Balaban J connectivity index is 0.00000180. The molecule has 1 saturated heterocycles. The van der Waals surface area contributed by atoms with Gasteiger partial charge < -0.3 is 25.6 Å². The number of aliphatic hydroxyl groups excluding tert-OH is 2. The largest absolute Gasteiger partial charge is 0.394 e. The molecule has 19 heavy (non-hydrogen) atoms. The van der Waals surface area contributed by atoms with Gasteiger partial charge >= 0.3 is 5.92 Å². The number of halogens is 3. The molecule has 0 aromatic rings. The fraction of sp³-hybridized carbons (Fsp3) is 0.500. The molecule has 0 unspecified atom stereocenters. The Labute approximate surface area is 114 Å². The number of aliphatic imine (C=N–C) groups is 1. The van der Waals surface area contributed by atoms with Gasteiger partial charge in [-0.25, -0.2) is 4.99 Å². The van der Waals surface area contributed by atoms with E-state index in [1.807, 2.05) is 0 Å². The topological polar surface area (TPSA) is 91.3 Å². The maximum absolute atomic E-state index is 13.8. The zero-order chi connectivity index (χ0) is 13.5. The van der Waals surface area contributed by atoms with Crippen LogP contribution >= 0.6 is 12.4 Å². The zero-order valence-corrected chi connectivity index (χ0v) is 10.6. The minimum atomic E-state index is -3.55. The van der Waals surface area contributed by atoms with Crippen molar-refractivity contribution in [3.05, 3.63) is 24.7 Å². The smallest absolute Gasteiger partial charge is 0.320 e. The summed E-state index contributed by atoms with van der Waals surface area (Å²) in [6.45, 7) is 2.78. The van der Waals surface area contributed by atoms with Crippen molar-refractivity contribution in [3.63, 3.8) is 0 Å². The Kier molecular flexibility index (Phi) is 4.51. The second-order valence-corrected chi connectivity index (χ2v) is 4.00. The molecule has 0 aromatic carbocycles. The lowest BCUT2D eigenvalue weighted by atomic mass is 10.1. The van der Waals surface area contributed by atoms with Gasteiger partial charge in [0.2, 0.25) is 6.23 Å². The fourth-order valence-electron chi connectivity index (χ4n) is 1.82. The minimum Gasteiger partial charge on any atom is -0.394 e. The van der Waals surface area contributed by atoms with Gasteiger partial charge in [-0.2, -0.15) is 8.78 Å². The highest BCUT2D eigenvalue weighted by molar-refractivity contribution is 5.92. The number of hydrogen-bond acceptors (Lipinski definition) is 6. The van der Waals surface area contributed by atoms with E-state index in [2.05, 4.69) is 11.6 Å². The molecule has 0 amide bonds. The van der Waals surface area contributed by atoms with Crippen LogP contribution < -0.4 is 5.73 Å².